The minimum atomic E-state index is -0.143. The fraction of sp³-hybridized carbons (Fsp3) is 0.0909. The van der Waals surface area contributed by atoms with E-state index in [4.69, 9.17) is 4.42 Å². The molecule has 1 radical (unpaired) electrons. The first-order valence-corrected chi connectivity index (χ1v) is 15.9. The number of para-hydroxylation sites is 1. The minimum absolute atomic E-state index is 0. The van der Waals surface area contributed by atoms with Gasteiger partial charge in [-0.25, -0.2) is 0 Å². The molecule has 0 unspecified atom stereocenters. The summed E-state index contributed by atoms with van der Waals surface area (Å²) in [6.07, 6.45) is 3.77. The summed E-state index contributed by atoms with van der Waals surface area (Å²) in [6.45, 7) is 6.70. The molecule has 4 heteroatoms. The van der Waals surface area contributed by atoms with Crippen LogP contribution in [0.25, 0.3) is 66.7 Å². The van der Waals surface area contributed by atoms with E-state index in [0.717, 1.165) is 39.2 Å². The van der Waals surface area contributed by atoms with Gasteiger partial charge in [-0.15, -0.1) is 71.8 Å². The van der Waals surface area contributed by atoms with E-state index in [-0.39, 0.29) is 25.5 Å². The zero-order chi connectivity index (χ0) is 32.0. The summed E-state index contributed by atoms with van der Waals surface area (Å²) in [4.78, 5) is 8.96. The van der Waals surface area contributed by atoms with Gasteiger partial charge in [0, 0.05) is 48.7 Å². The number of pyridine rings is 2. The monoisotopic (exact) mass is 797 g/mol. The van der Waals surface area contributed by atoms with Gasteiger partial charge in [-0.1, -0.05) is 74.5 Å². The molecule has 48 heavy (non-hydrogen) atoms. The summed E-state index contributed by atoms with van der Waals surface area (Å²) >= 11 is 0. The average molecular weight is 797 g/mol. The third kappa shape index (κ3) is 5.47. The normalized spacial score (nSPS) is 12.5. The zero-order valence-electron chi connectivity index (χ0n) is 26.9. The van der Waals surface area contributed by atoms with Gasteiger partial charge in [0.05, 0.1) is 0 Å². The Morgan fingerprint density at radius 1 is 0.646 bits per heavy atom. The Labute approximate surface area is 294 Å². The van der Waals surface area contributed by atoms with E-state index < -0.39 is 0 Å². The van der Waals surface area contributed by atoms with E-state index in [1.54, 1.807) is 0 Å². The molecule has 1 aliphatic rings. The van der Waals surface area contributed by atoms with Crippen molar-refractivity contribution in [2.75, 3.05) is 0 Å². The Morgan fingerprint density at radius 3 is 2.08 bits per heavy atom. The van der Waals surface area contributed by atoms with Gasteiger partial charge in [-0.05, 0) is 75.5 Å². The second kappa shape index (κ2) is 12.8. The third-order valence-corrected chi connectivity index (χ3v) is 9.11. The maximum Gasteiger partial charge on any atom is 0.136 e. The molecule has 3 heterocycles. The number of fused-ring (bicyclic) bond motifs is 7. The van der Waals surface area contributed by atoms with E-state index in [2.05, 4.69) is 109 Å². The number of hydrogen-bond donors (Lipinski definition) is 0. The molecule has 0 atom stereocenters. The number of furan rings is 1. The van der Waals surface area contributed by atoms with Crippen LogP contribution in [-0.4, -0.2) is 9.97 Å². The summed E-state index contributed by atoms with van der Waals surface area (Å²) in [7, 11) is 0. The zero-order valence-corrected chi connectivity index (χ0v) is 29.3. The molecule has 0 aliphatic heterocycles. The second-order valence-electron chi connectivity index (χ2n) is 12.5. The van der Waals surface area contributed by atoms with Crippen molar-refractivity contribution < 1.29 is 24.5 Å². The Hall–Kier alpha value is -5.15. The summed E-state index contributed by atoms with van der Waals surface area (Å²) in [5.41, 5.74) is 14.5. The molecule has 8 aromatic rings. The fourth-order valence-corrected chi connectivity index (χ4v) is 6.89. The van der Waals surface area contributed by atoms with Crippen LogP contribution in [0.1, 0.15) is 30.5 Å². The number of rotatable bonds is 3. The molecular weight excluding hydrogens is 765 g/mol. The topological polar surface area (TPSA) is 38.9 Å². The first kappa shape index (κ1) is 31.4. The van der Waals surface area contributed by atoms with Gasteiger partial charge < -0.3 is 14.4 Å². The van der Waals surface area contributed by atoms with Crippen molar-refractivity contribution in [1.29, 1.82) is 0 Å². The number of nitrogens with zero attached hydrogens (tertiary/aromatic N) is 2. The summed E-state index contributed by atoms with van der Waals surface area (Å²) < 4.78 is 6.42. The summed E-state index contributed by atoms with van der Waals surface area (Å²) in [6, 6.07) is 50.1. The van der Waals surface area contributed by atoms with Gasteiger partial charge >= 0.3 is 0 Å². The van der Waals surface area contributed by atoms with Crippen LogP contribution in [-0.2, 0) is 25.5 Å². The predicted molar refractivity (Wildman–Crippen MR) is 192 cm³/mol. The maximum atomic E-state index is 6.42. The van der Waals surface area contributed by atoms with E-state index in [1.165, 1.54) is 44.2 Å². The molecule has 0 bridgehead atoms. The van der Waals surface area contributed by atoms with E-state index >= 15 is 0 Å². The quantitative estimate of drug-likeness (QED) is 0.167. The minimum Gasteiger partial charge on any atom is -0.456 e. The van der Waals surface area contributed by atoms with Gasteiger partial charge in [0.25, 0.3) is 0 Å². The van der Waals surface area contributed by atoms with Crippen LogP contribution >= 0.6 is 0 Å². The Kier molecular flexibility index (Phi) is 8.39. The van der Waals surface area contributed by atoms with Gasteiger partial charge in [-0.2, -0.15) is 0 Å². The molecule has 235 valence electrons. The average Bonchev–Trinajstić information content (AvgIpc) is 3.61. The molecule has 5 aromatic carbocycles. The molecule has 3 aromatic heterocycles. The first-order chi connectivity index (χ1) is 23.0. The molecule has 0 amide bonds. The Bertz CT molecular complexity index is 2380. The van der Waals surface area contributed by atoms with Crippen LogP contribution < -0.4 is 0 Å². The molecule has 0 N–H and O–H groups in total. The van der Waals surface area contributed by atoms with E-state index in [0.29, 0.717) is 0 Å². The molecule has 0 spiro atoms. The number of benzene rings is 5. The van der Waals surface area contributed by atoms with Crippen LogP contribution in [0.3, 0.4) is 0 Å². The predicted octanol–water partition coefficient (Wildman–Crippen LogP) is 11.3. The standard InChI is InChI=1S/C32H22NO.C12H10N.Ir/c1-32(2)25-14-8-6-12-22(25)30-29-23-13-7-9-15-27(23)34-28(29)19-24(31(30)32)21-16-17-33-26(18-21)20-10-4-3-5-11-20;1-10-7-8-12(13-9-10)11-5-3-2-4-6-11;/h3-10,12-19H,1-2H3;2-5,7-9H,1H3;/q2*-1;. The molecule has 3 nitrogen and oxygen atoms in total. The number of aromatic nitrogens is 2. The Balaban J connectivity index is 0.000000220. The van der Waals surface area contributed by atoms with Crippen LogP contribution in [0.4, 0.5) is 0 Å². The number of aryl methyl sites for hydroxylation is 1. The van der Waals surface area contributed by atoms with Gasteiger partial charge in [0.2, 0.25) is 0 Å². The molecule has 0 fully saturated rings. The van der Waals surface area contributed by atoms with Crippen molar-refractivity contribution in [3.05, 3.63) is 169 Å². The molecule has 0 saturated carbocycles. The van der Waals surface area contributed by atoms with Crippen molar-refractivity contribution in [2.45, 2.75) is 26.2 Å². The van der Waals surface area contributed by atoms with Crippen molar-refractivity contribution in [1.82, 2.24) is 9.97 Å². The first-order valence-electron chi connectivity index (χ1n) is 15.9. The molecule has 9 rings (SSSR count). The van der Waals surface area contributed by atoms with Crippen molar-refractivity contribution >= 4 is 21.9 Å². The molecule has 0 saturated heterocycles. The Morgan fingerprint density at radius 2 is 1.35 bits per heavy atom. The largest absolute Gasteiger partial charge is 0.456 e. The fourth-order valence-electron chi connectivity index (χ4n) is 6.89. The van der Waals surface area contributed by atoms with Crippen LogP contribution in [0.5, 0.6) is 0 Å². The number of hydrogen-bond acceptors (Lipinski definition) is 3. The molecular formula is C44H32IrN2O-2. The second-order valence-corrected chi connectivity index (χ2v) is 12.5. The smallest absolute Gasteiger partial charge is 0.136 e. The van der Waals surface area contributed by atoms with Gasteiger partial charge in [0.15, 0.2) is 0 Å². The SMILES string of the molecule is CC1(C)c2ccccc2-c2c1c(-c1ccnc(-c3[c-]cccc3)c1)cc1oc3ccccc3c21.Cc1ccc(-c2[c-]cccc2)nc1.[Ir]. The van der Waals surface area contributed by atoms with E-state index in [1.807, 2.05) is 73.9 Å². The summed E-state index contributed by atoms with van der Waals surface area (Å²) in [5, 5.41) is 2.38. The summed E-state index contributed by atoms with van der Waals surface area (Å²) in [5.74, 6) is 0. The van der Waals surface area contributed by atoms with Gasteiger partial charge in [0.1, 0.15) is 11.2 Å². The van der Waals surface area contributed by atoms with Crippen LogP contribution in [0.15, 0.2) is 144 Å². The van der Waals surface area contributed by atoms with Crippen molar-refractivity contribution in [3.8, 4) is 44.8 Å². The third-order valence-electron chi connectivity index (χ3n) is 9.11. The molecule has 1 aliphatic carbocycles. The van der Waals surface area contributed by atoms with Crippen LogP contribution in [0.2, 0.25) is 0 Å². The van der Waals surface area contributed by atoms with Crippen molar-refractivity contribution in [3.63, 3.8) is 0 Å². The van der Waals surface area contributed by atoms with Gasteiger partial charge in [-0.3, -0.25) is 0 Å². The maximum absolute atomic E-state index is 6.42. The van der Waals surface area contributed by atoms with Crippen LogP contribution in [0, 0.1) is 19.1 Å². The van der Waals surface area contributed by atoms with E-state index in [9.17, 15) is 0 Å². The van der Waals surface area contributed by atoms with Crippen molar-refractivity contribution in [2.24, 2.45) is 0 Å².